The van der Waals surface area contributed by atoms with Crippen molar-refractivity contribution < 1.29 is 24.4 Å². The molecule has 1 N–H and O–H groups in total. The number of carbonyl (C=O) groups is 3. The second-order valence-corrected chi connectivity index (χ2v) is 5.02. The van der Waals surface area contributed by atoms with Gasteiger partial charge in [-0.15, -0.1) is 0 Å². The molecule has 1 aliphatic rings. The van der Waals surface area contributed by atoms with Gasteiger partial charge in [-0.25, -0.2) is 0 Å². The number of benzene rings is 2. The van der Waals surface area contributed by atoms with Gasteiger partial charge in [0.2, 0.25) is 0 Å². The van der Waals surface area contributed by atoms with Crippen LogP contribution in [0.2, 0.25) is 0 Å². The number of hydrogen-bond acceptors (Lipinski definition) is 5. The molecule has 0 aliphatic carbocycles. The molecule has 0 aromatic heterocycles. The Bertz CT molecular complexity index is 867. The predicted octanol–water partition coefficient (Wildman–Crippen LogP) is 1.82. The van der Waals surface area contributed by atoms with E-state index in [1.165, 1.54) is 30.3 Å². The highest BCUT2D eigenvalue weighted by molar-refractivity contribution is 6.26. The highest BCUT2D eigenvalue weighted by Gasteiger charge is 2.34. The molecule has 23 heavy (non-hydrogen) atoms. The lowest BCUT2D eigenvalue weighted by atomic mass is 9.93. The van der Waals surface area contributed by atoms with E-state index in [0.29, 0.717) is 0 Å². The number of nitro benzene ring substituents is 1. The van der Waals surface area contributed by atoms with Gasteiger partial charge >= 0.3 is 5.97 Å². The molecule has 0 atom stereocenters. The lowest BCUT2D eigenvalue weighted by molar-refractivity contribution is -0.383. The van der Waals surface area contributed by atoms with Crippen LogP contribution in [0.25, 0.3) is 10.8 Å². The Kier molecular flexibility index (Phi) is 3.29. The van der Waals surface area contributed by atoms with Crippen LogP contribution in [0, 0.1) is 10.1 Å². The van der Waals surface area contributed by atoms with Crippen LogP contribution in [-0.4, -0.2) is 39.3 Å². The molecular weight excluding hydrogens is 304 g/mol. The minimum absolute atomic E-state index is 0.159. The van der Waals surface area contributed by atoms with Crippen molar-refractivity contribution in [1.82, 2.24) is 4.90 Å². The topological polar surface area (TPSA) is 118 Å². The summed E-state index contributed by atoms with van der Waals surface area (Å²) in [5.74, 6) is -2.41. The first-order chi connectivity index (χ1) is 10.9. The fraction of sp³-hybridized carbons (Fsp3) is 0.133. The third-order valence-corrected chi connectivity index (χ3v) is 3.71. The molecule has 0 spiro atoms. The molecule has 0 bridgehead atoms. The summed E-state index contributed by atoms with van der Waals surface area (Å²) < 4.78 is 0. The van der Waals surface area contributed by atoms with Gasteiger partial charge in [0, 0.05) is 29.1 Å². The maximum Gasteiger partial charge on any atom is 0.305 e. The van der Waals surface area contributed by atoms with Gasteiger partial charge in [0.05, 0.1) is 16.7 Å². The molecule has 8 heteroatoms. The first kappa shape index (κ1) is 14.6. The summed E-state index contributed by atoms with van der Waals surface area (Å²) in [6, 6.07) is 6.96. The molecule has 2 amide bonds. The third-order valence-electron chi connectivity index (χ3n) is 3.71. The van der Waals surface area contributed by atoms with E-state index in [9.17, 15) is 24.5 Å². The zero-order chi connectivity index (χ0) is 16.7. The highest BCUT2D eigenvalue weighted by Crippen LogP contribution is 2.35. The van der Waals surface area contributed by atoms with Gasteiger partial charge in [-0.2, -0.15) is 0 Å². The van der Waals surface area contributed by atoms with Crippen molar-refractivity contribution in [2.24, 2.45) is 0 Å². The van der Waals surface area contributed by atoms with E-state index in [1.54, 1.807) is 0 Å². The fourth-order valence-electron chi connectivity index (χ4n) is 2.70. The Balaban J connectivity index is 2.21. The van der Waals surface area contributed by atoms with Crippen molar-refractivity contribution in [1.29, 1.82) is 0 Å². The number of aliphatic carboxylic acids is 1. The van der Waals surface area contributed by atoms with Crippen molar-refractivity contribution in [2.45, 2.75) is 6.42 Å². The Morgan fingerprint density at radius 1 is 1.13 bits per heavy atom. The third kappa shape index (κ3) is 2.20. The van der Waals surface area contributed by atoms with Gasteiger partial charge < -0.3 is 5.11 Å². The average molecular weight is 314 g/mol. The summed E-state index contributed by atoms with van der Waals surface area (Å²) in [4.78, 5) is 47.0. The van der Waals surface area contributed by atoms with E-state index < -0.39 is 22.7 Å². The number of imide groups is 1. The molecule has 3 rings (SSSR count). The highest BCUT2D eigenvalue weighted by atomic mass is 16.6. The molecule has 116 valence electrons. The van der Waals surface area contributed by atoms with Crippen molar-refractivity contribution in [3.63, 3.8) is 0 Å². The number of carbonyl (C=O) groups excluding carboxylic acids is 2. The zero-order valence-electron chi connectivity index (χ0n) is 11.7. The van der Waals surface area contributed by atoms with E-state index in [4.69, 9.17) is 5.11 Å². The van der Waals surface area contributed by atoms with E-state index in [-0.39, 0.29) is 40.6 Å². The summed E-state index contributed by atoms with van der Waals surface area (Å²) >= 11 is 0. The van der Waals surface area contributed by atoms with Gasteiger partial charge in [0.25, 0.3) is 17.5 Å². The molecule has 0 radical (unpaired) electrons. The van der Waals surface area contributed by atoms with E-state index in [1.807, 2.05) is 0 Å². The van der Waals surface area contributed by atoms with Crippen LogP contribution in [0.3, 0.4) is 0 Å². The number of rotatable bonds is 4. The van der Waals surface area contributed by atoms with Gasteiger partial charge in [-0.05, 0) is 18.2 Å². The number of non-ortho nitro benzene ring substituents is 1. The monoisotopic (exact) mass is 314 g/mol. The number of hydrogen-bond donors (Lipinski definition) is 1. The Labute approximate surface area is 129 Å². The smallest absolute Gasteiger partial charge is 0.305 e. The fourth-order valence-corrected chi connectivity index (χ4v) is 2.70. The maximum atomic E-state index is 12.4. The molecule has 0 fully saturated rings. The first-order valence-electron chi connectivity index (χ1n) is 6.70. The summed E-state index contributed by atoms with van der Waals surface area (Å²) in [5, 5.41) is 20.3. The second kappa shape index (κ2) is 5.16. The molecule has 8 nitrogen and oxygen atoms in total. The SMILES string of the molecule is O=C(O)CCN1C(=O)c2cccc3c([N+](=O)[O-])ccc(c23)C1=O. The first-order valence-corrected chi connectivity index (χ1v) is 6.70. The summed E-state index contributed by atoms with van der Waals surface area (Å²) in [6.45, 7) is -0.250. The van der Waals surface area contributed by atoms with Crippen molar-refractivity contribution in [3.8, 4) is 0 Å². The van der Waals surface area contributed by atoms with Crippen LogP contribution in [-0.2, 0) is 4.79 Å². The maximum absolute atomic E-state index is 12.4. The normalized spacial score (nSPS) is 13.5. The number of nitrogens with zero attached hydrogens (tertiary/aromatic N) is 2. The summed E-state index contributed by atoms with van der Waals surface area (Å²) in [7, 11) is 0. The standard InChI is InChI=1S/C15H10N2O6/c18-12(19)6-7-16-14(20)9-3-1-2-8-11(17(22)23)5-4-10(13(8)9)15(16)21/h1-5H,6-7H2,(H,18,19). The average Bonchev–Trinajstić information content (AvgIpc) is 2.51. The Hall–Kier alpha value is -3.29. The van der Waals surface area contributed by atoms with Crippen LogP contribution in [0.4, 0.5) is 5.69 Å². The van der Waals surface area contributed by atoms with Crippen LogP contribution in [0.15, 0.2) is 30.3 Å². The second-order valence-electron chi connectivity index (χ2n) is 5.02. The molecule has 1 aliphatic heterocycles. The molecule has 0 saturated carbocycles. The Morgan fingerprint density at radius 3 is 2.39 bits per heavy atom. The van der Waals surface area contributed by atoms with Crippen LogP contribution < -0.4 is 0 Å². The zero-order valence-corrected chi connectivity index (χ0v) is 11.7. The molecule has 0 saturated heterocycles. The number of nitro groups is 1. The van der Waals surface area contributed by atoms with E-state index in [2.05, 4.69) is 0 Å². The van der Waals surface area contributed by atoms with E-state index >= 15 is 0 Å². The van der Waals surface area contributed by atoms with Gasteiger partial charge in [-0.1, -0.05) is 6.07 Å². The molecular formula is C15H10N2O6. The number of carboxylic acid groups (broad SMARTS) is 1. The predicted molar refractivity (Wildman–Crippen MR) is 78.2 cm³/mol. The summed E-state index contributed by atoms with van der Waals surface area (Å²) in [6.07, 6.45) is -0.365. The Morgan fingerprint density at radius 2 is 1.78 bits per heavy atom. The van der Waals surface area contributed by atoms with Gasteiger partial charge in [0.1, 0.15) is 0 Å². The minimum atomic E-state index is -1.13. The van der Waals surface area contributed by atoms with Crippen molar-refractivity contribution >= 4 is 34.2 Å². The van der Waals surface area contributed by atoms with Crippen LogP contribution in [0.5, 0.6) is 0 Å². The van der Waals surface area contributed by atoms with Crippen LogP contribution in [0.1, 0.15) is 27.1 Å². The lowest BCUT2D eigenvalue weighted by Crippen LogP contribution is -2.41. The quantitative estimate of drug-likeness (QED) is 0.522. The van der Waals surface area contributed by atoms with Gasteiger partial charge in [0.15, 0.2) is 0 Å². The van der Waals surface area contributed by atoms with Gasteiger partial charge in [-0.3, -0.25) is 29.4 Å². The molecule has 2 aromatic carbocycles. The largest absolute Gasteiger partial charge is 0.481 e. The van der Waals surface area contributed by atoms with E-state index in [0.717, 1.165) is 4.90 Å². The van der Waals surface area contributed by atoms with Crippen molar-refractivity contribution in [2.75, 3.05) is 6.54 Å². The number of carboxylic acids is 1. The molecule has 0 unspecified atom stereocenters. The van der Waals surface area contributed by atoms with Crippen molar-refractivity contribution in [3.05, 3.63) is 51.6 Å². The minimum Gasteiger partial charge on any atom is -0.481 e. The molecule has 2 aromatic rings. The number of amides is 2. The molecule has 1 heterocycles. The summed E-state index contributed by atoms with van der Waals surface area (Å²) in [5.41, 5.74) is 0.127. The van der Waals surface area contributed by atoms with Crippen LogP contribution >= 0.6 is 0 Å². The lowest BCUT2D eigenvalue weighted by Gasteiger charge is -2.26.